The summed E-state index contributed by atoms with van der Waals surface area (Å²) in [4.78, 5) is 3.86. The molecule has 1 aromatic heterocycles. The first-order chi connectivity index (χ1) is 11.1. The molecule has 0 fully saturated rings. The molecule has 0 atom stereocenters. The summed E-state index contributed by atoms with van der Waals surface area (Å²) in [5.41, 5.74) is 1.26. The van der Waals surface area contributed by atoms with Gasteiger partial charge in [-0.05, 0) is 31.2 Å². The van der Waals surface area contributed by atoms with Crippen LogP contribution in [0.1, 0.15) is 11.3 Å². The van der Waals surface area contributed by atoms with E-state index in [9.17, 15) is 8.78 Å². The van der Waals surface area contributed by atoms with Crippen molar-refractivity contribution in [1.82, 2.24) is 4.98 Å². The number of rotatable bonds is 3. The first-order valence-corrected chi connectivity index (χ1v) is 6.77. The van der Waals surface area contributed by atoms with Crippen LogP contribution in [-0.2, 0) is 0 Å². The Labute approximate surface area is 131 Å². The van der Waals surface area contributed by atoms with Gasteiger partial charge in [0.15, 0.2) is 0 Å². The lowest BCUT2D eigenvalue weighted by atomic mass is 10.2. The van der Waals surface area contributed by atoms with Crippen LogP contribution in [0.5, 0.6) is 0 Å². The van der Waals surface area contributed by atoms with Crippen molar-refractivity contribution in [3.05, 3.63) is 65.4 Å². The average molecular weight is 311 g/mol. The summed E-state index contributed by atoms with van der Waals surface area (Å²) in [5.74, 6) is -1.86. The van der Waals surface area contributed by atoms with E-state index in [1.807, 2.05) is 25.1 Å². The molecule has 0 unspecified atom stereocenters. The number of benzene rings is 2. The van der Waals surface area contributed by atoms with E-state index < -0.39 is 17.2 Å². The number of aromatic nitrogens is 1. The zero-order valence-corrected chi connectivity index (χ0v) is 12.1. The molecule has 0 spiro atoms. The van der Waals surface area contributed by atoms with Gasteiger partial charge in [0, 0.05) is 5.69 Å². The van der Waals surface area contributed by atoms with Crippen molar-refractivity contribution in [3.63, 3.8) is 0 Å². The molecule has 0 saturated heterocycles. The Hall–Kier alpha value is -3.20. The summed E-state index contributed by atoms with van der Waals surface area (Å²) in [6.45, 7) is 1.94. The molecule has 2 aromatic carbocycles. The van der Waals surface area contributed by atoms with Crippen LogP contribution in [-0.4, -0.2) is 4.98 Å². The summed E-state index contributed by atoms with van der Waals surface area (Å²) in [5, 5.41) is 12.0. The minimum atomic E-state index is -0.808. The van der Waals surface area contributed by atoms with Gasteiger partial charge >= 0.3 is 0 Å². The monoisotopic (exact) mass is 311 g/mol. The molecule has 0 amide bonds. The van der Waals surface area contributed by atoms with Gasteiger partial charge < -0.3 is 9.73 Å². The molecule has 1 heterocycles. The van der Waals surface area contributed by atoms with Crippen molar-refractivity contribution in [2.45, 2.75) is 6.92 Å². The van der Waals surface area contributed by atoms with E-state index in [0.29, 0.717) is 5.69 Å². The zero-order chi connectivity index (χ0) is 16.4. The van der Waals surface area contributed by atoms with Crippen molar-refractivity contribution in [3.8, 4) is 17.5 Å². The van der Waals surface area contributed by atoms with Crippen molar-refractivity contribution in [2.75, 3.05) is 5.32 Å². The van der Waals surface area contributed by atoms with Crippen molar-refractivity contribution in [1.29, 1.82) is 5.26 Å². The van der Waals surface area contributed by atoms with Gasteiger partial charge in [-0.2, -0.15) is 10.2 Å². The van der Waals surface area contributed by atoms with Crippen LogP contribution >= 0.6 is 0 Å². The van der Waals surface area contributed by atoms with Crippen molar-refractivity contribution >= 4 is 11.6 Å². The Morgan fingerprint density at radius 3 is 2.35 bits per heavy atom. The SMILES string of the molecule is Cc1ccc(Nc2oc(-c3c(F)cccc3F)nc2C#N)cc1. The number of hydrogen-bond donors (Lipinski definition) is 1. The topological polar surface area (TPSA) is 61.9 Å². The van der Waals surface area contributed by atoms with Crippen LogP contribution in [0.15, 0.2) is 46.9 Å². The first-order valence-electron chi connectivity index (χ1n) is 6.77. The number of nitrogens with one attached hydrogen (secondary N) is 1. The van der Waals surface area contributed by atoms with E-state index in [1.54, 1.807) is 12.1 Å². The minimum absolute atomic E-state index is 0.0361. The third kappa shape index (κ3) is 2.90. The Kier molecular flexibility index (Phi) is 3.77. The molecule has 3 aromatic rings. The van der Waals surface area contributed by atoms with E-state index in [2.05, 4.69) is 10.3 Å². The predicted octanol–water partition coefficient (Wildman–Crippen LogP) is 4.54. The number of anilines is 2. The molecule has 0 saturated carbocycles. The maximum Gasteiger partial charge on any atom is 0.236 e. The maximum absolute atomic E-state index is 13.8. The molecule has 0 bridgehead atoms. The quantitative estimate of drug-likeness (QED) is 0.771. The molecule has 23 heavy (non-hydrogen) atoms. The molecule has 0 aliphatic carbocycles. The minimum Gasteiger partial charge on any atom is -0.419 e. The maximum atomic E-state index is 13.8. The average Bonchev–Trinajstić information content (AvgIpc) is 2.92. The summed E-state index contributed by atoms with van der Waals surface area (Å²) in [6.07, 6.45) is 0. The number of hydrogen-bond acceptors (Lipinski definition) is 4. The van der Waals surface area contributed by atoms with E-state index in [1.165, 1.54) is 6.07 Å². The molecule has 0 aliphatic rings. The number of nitriles is 1. The number of halogens is 2. The van der Waals surface area contributed by atoms with Crippen LogP contribution in [0.25, 0.3) is 11.5 Å². The van der Waals surface area contributed by atoms with Gasteiger partial charge in [-0.15, -0.1) is 0 Å². The summed E-state index contributed by atoms with van der Waals surface area (Å²) in [6, 6.07) is 12.6. The molecule has 0 aliphatic heterocycles. The fraction of sp³-hybridized carbons (Fsp3) is 0.0588. The fourth-order valence-electron chi connectivity index (χ4n) is 2.06. The lowest BCUT2D eigenvalue weighted by Crippen LogP contribution is -1.90. The summed E-state index contributed by atoms with van der Waals surface area (Å²) < 4.78 is 33.0. The van der Waals surface area contributed by atoms with Crippen LogP contribution in [0.2, 0.25) is 0 Å². The molecular weight excluding hydrogens is 300 g/mol. The third-order valence-electron chi connectivity index (χ3n) is 3.22. The molecular formula is C17H11F2N3O. The molecule has 6 heteroatoms. The van der Waals surface area contributed by atoms with E-state index in [4.69, 9.17) is 9.68 Å². The summed E-state index contributed by atoms with van der Waals surface area (Å²) >= 11 is 0. The second-order valence-corrected chi connectivity index (χ2v) is 4.90. The highest BCUT2D eigenvalue weighted by molar-refractivity contribution is 5.64. The molecule has 4 nitrogen and oxygen atoms in total. The van der Waals surface area contributed by atoms with Gasteiger partial charge in [0.1, 0.15) is 23.3 Å². The van der Waals surface area contributed by atoms with E-state index in [0.717, 1.165) is 17.7 Å². The van der Waals surface area contributed by atoms with E-state index in [-0.39, 0.29) is 17.5 Å². The lowest BCUT2D eigenvalue weighted by molar-refractivity contribution is 0.550. The standard InChI is InChI=1S/C17H11F2N3O/c1-10-5-7-11(8-6-10)21-16-14(9-20)22-17(23-16)15-12(18)3-2-4-13(15)19/h2-8,21H,1H3. The normalized spacial score (nSPS) is 10.3. The highest BCUT2D eigenvalue weighted by Crippen LogP contribution is 2.30. The second-order valence-electron chi connectivity index (χ2n) is 4.90. The van der Waals surface area contributed by atoms with Crippen LogP contribution in [0, 0.1) is 29.9 Å². The molecule has 3 rings (SSSR count). The lowest BCUT2D eigenvalue weighted by Gasteiger charge is -2.03. The third-order valence-corrected chi connectivity index (χ3v) is 3.22. The van der Waals surface area contributed by atoms with Crippen LogP contribution < -0.4 is 5.32 Å². The number of nitrogens with zero attached hydrogens (tertiary/aromatic N) is 2. The van der Waals surface area contributed by atoms with Gasteiger partial charge in [0.05, 0.1) is 0 Å². The van der Waals surface area contributed by atoms with Crippen LogP contribution in [0.4, 0.5) is 20.4 Å². The fourth-order valence-corrected chi connectivity index (χ4v) is 2.06. The molecule has 114 valence electrons. The molecule has 1 N–H and O–H groups in total. The zero-order valence-electron chi connectivity index (χ0n) is 12.1. The predicted molar refractivity (Wildman–Crippen MR) is 81.0 cm³/mol. The Bertz CT molecular complexity index is 875. The van der Waals surface area contributed by atoms with Gasteiger partial charge in [0.2, 0.25) is 17.5 Å². The van der Waals surface area contributed by atoms with Gasteiger partial charge in [-0.1, -0.05) is 23.8 Å². The van der Waals surface area contributed by atoms with Gasteiger partial charge in [-0.3, -0.25) is 0 Å². The van der Waals surface area contributed by atoms with Crippen LogP contribution in [0.3, 0.4) is 0 Å². The smallest absolute Gasteiger partial charge is 0.236 e. The Balaban J connectivity index is 2.01. The highest BCUT2D eigenvalue weighted by Gasteiger charge is 2.20. The Morgan fingerprint density at radius 2 is 1.74 bits per heavy atom. The molecule has 0 radical (unpaired) electrons. The van der Waals surface area contributed by atoms with Gasteiger partial charge in [0.25, 0.3) is 0 Å². The second kappa shape index (κ2) is 5.89. The number of aryl methyl sites for hydroxylation is 1. The number of oxazole rings is 1. The summed E-state index contributed by atoms with van der Waals surface area (Å²) in [7, 11) is 0. The largest absolute Gasteiger partial charge is 0.419 e. The van der Waals surface area contributed by atoms with Crippen molar-refractivity contribution in [2.24, 2.45) is 0 Å². The van der Waals surface area contributed by atoms with Gasteiger partial charge in [-0.25, -0.2) is 8.78 Å². The van der Waals surface area contributed by atoms with Crippen molar-refractivity contribution < 1.29 is 13.2 Å². The van der Waals surface area contributed by atoms with E-state index >= 15 is 0 Å². The first kappa shape index (κ1) is 14.7. The highest BCUT2D eigenvalue weighted by atomic mass is 19.1. The Morgan fingerprint density at radius 1 is 1.09 bits per heavy atom.